The Morgan fingerprint density at radius 3 is 2.58 bits per heavy atom. The van der Waals surface area contributed by atoms with Crippen molar-refractivity contribution in [2.75, 3.05) is 11.1 Å². The van der Waals surface area contributed by atoms with Crippen molar-refractivity contribution in [1.82, 2.24) is 14.8 Å². The van der Waals surface area contributed by atoms with Gasteiger partial charge in [-0.3, -0.25) is 19.5 Å². The quantitative estimate of drug-likeness (QED) is 0.220. The van der Waals surface area contributed by atoms with Crippen LogP contribution < -0.4 is 10.1 Å². The molecule has 0 unspecified atom stereocenters. The molecule has 3 rings (SSSR count). The van der Waals surface area contributed by atoms with Gasteiger partial charge in [-0.05, 0) is 31.2 Å². The molecule has 9 nitrogen and oxygen atoms in total. The molecular weight excluding hydrogens is 418 g/mol. The first kappa shape index (κ1) is 22.0. The highest BCUT2D eigenvalue weighted by Gasteiger charge is 2.14. The van der Waals surface area contributed by atoms with E-state index in [0.717, 1.165) is 11.3 Å². The Balaban J connectivity index is 1.58. The summed E-state index contributed by atoms with van der Waals surface area (Å²) in [6, 6.07) is 13.4. The van der Waals surface area contributed by atoms with E-state index in [9.17, 15) is 14.9 Å². The van der Waals surface area contributed by atoms with E-state index in [1.165, 1.54) is 36.0 Å². The first-order valence-electron chi connectivity index (χ1n) is 9.36. The van der Waals surface area contributed by atoms with Crippen molar-refractivity contribution in [2.24, 2.45) is 0 Å². The molecule has 1 heterocycles. The molecule has 10 heteroatoms. The Morgan fingerprint density at radius 1 is 1.23 bits per heavy atom. The average Bonchev–Trinajstić information content (AvgIpc) is 3.14. The molecule has 2 aromatic carbocycles. The van der Waals surface area contributed by atoms with Gasteiger partial charge in [-0.25, -0.2) is 0 Å². The van der Waals surface area contributed by atoms with Crippen LogP contribution in [-0.2, 0) is 17.9 Å². The number of aryl methyl sites for hydroxylation is 1. The Hall–Kier alpha value is -3.66. The number of anilines is 1. The van der Waals surface area contributed by atoms with Crippen LogP contribution in [0.2, 0.25) is 0 Å². The van der Waals surface area contributed by atoms with Gasteiger partial charge in [-0.15, -0.1) is 16.8 Å². The minimum Gasteiger partial charge on any atom is -0.486 e. The van der Waals surface area contributed by atoms with Crippen LogP contribution in [0.15, 0.2) is 66.3 Å². The summed E-state index contributed by atoms with van der Waals surface area (Å²) in [5, 5.41) is 22.3. The zero-order valence-electron chi connectivity index (χ0n) is 16.9. The molecule has 0 atom stereocenters. The second-order valence-electron chi connectivity index (χ2n) is 6.54. The number of carbonyl (C=O) groups is 1. The fourth-order valence-corrected chi connectivity index (χ4v) is 3.39. The highest BCUT2D eigenvalue weighted by molar-refractivity contribution is 7.99. The lowest BCUT2D eigenvalue weighted by Crippen LogP contribution is -2.15. The Kier molecular flexibility index (Phi) is 7.39. The van der Waals surface area contributed by atoms with Crippen molar-refractivity contribution < 1.29 is 14.5 Å². The number of nitrogens with zero attached hydrogens (tertiary/aromatic N) is 4. The smallest absolute Gasteiger partial charge is 0.269 e. The first-order valence-corrected chi connectivity index (χ1v) is 10.3. The number of nitro benzene ring substituents is 1. The third-order valence-electron chi connectivity index (χ3n) is 4.19. The van der Waals surface area contributed by atoms with Crippen molar-refractivity contribution in [3.63, 3.8) is 0 Å². The van der Waals surface area contributed by atoms with Crippen molar-refractivity contribution in [3.8, 4) is 5.75 Å². The summed E-state index contributed by atoms with van der Waals surface area (Å²) in [5.74, 6) is 1.20. The van der Waals surface area contributed by atoms with Crippen LogP contribution in [0, 0.1) is 17.0 Å². The van der Waals surface area contributed by atoms with Crippen LogP contribution in [0.5, 0.6) is 5.75 Å². The first-order chi connectivity index (χ1) is 15.0. The van der Waals surface area contributed by atoms with Crippen molar-refractivity contribution in [3.05, 3.63) is 82.7 Å². The number of carbonyl (C=O) groups excluding carboxylic acids is 1. The van der Waals surface area contributed by atoms with Crippen LogP contribution in [-0.4, -0.2) is 31.3 Å². The molecule has 0 saturated heterocycles. The number of hydrogen-bond donors (Lipinski definition) is 1. The maximum Gasteiger partial charge on any atom is 0.269 e. The lowest BCUT2D eigenvalue weighted by molar-refractivity contribution is -0.384. The molecule has 3 aromatic rings. The molecule has 31 heavy (non-hydrogen) atoms. The standard InChI is InChI=1S/C21H21N5O4S/c1-3-12-25-19(13-30-18-10-4-15(2)5-11-18)23-24-21(25)31-14-20(27)22-16-6-8-17(9-7-16)26(28)29/h3-11H,1,12-14H2,2H3,(H,22,27). The molecule has 0 aliphatic heterocycles. The van der Waals surface area contributed by atoms with E-state index < -0.39 is 4.92 Å². The number of ether oxygens (including phenoxy) is 1. The molecule has 0 aliphatic carbocycles. The van der Waals surface area contributed by atoms with Gasteiger partial charge in [0.25, 0.3) is 5.69 Å². The fourth-order valence-electron chi connectivity index (χ4n) is 2.62. The summed E-state index contributed by atoms with van der Waals surface area (Å²) < 4.78 is 7.62. The number of benzene rings is 2. The molecular formula is C21H21N5O4S. The van der Waals surface area contributed by atoms with Gasteiger partial charge in [-0.2, -0.15) is 0 Å². The van der Waals surface area contributed by atoms with Crippen LogP contribution in [0.3, 0.4) is 0 Å². The number of nitro groups is 1. The minimum absolute atomic E-state index is 0.0368. The van der Waals surface area contributed by atoms with Crippen molar-refractivity contribution >= 4 is 29.0 Å². The highest BCUT2D eigenvalue weighted by atomic mass is 32.2. The monoisotopic (exact) mass is 439 g/mol. The van der Waals surface area contributed by atoms with Crippen molar-refractivity contribution in [1.29, 1.82) is 0 Å². The second kappa shape index (κ2) is 10.4. The lowest BCUT2D eigenvalue weighted by Gasteiger charge is -2.09. The van der Waals surface area contributed by atoms with E-state index in [2.05, 4.69) is 22.1 Å². The highest BCUT2D eigenvalue weighted by Crippen LogP contribution is 2.20. The maximum absolute atomic E-state index is 12.3. The van der Waals surface area contributed by atoms with Crippen LogP contribution in [0.1, 0.15) is 11.4 Å². The summed E-state index contributed by atoms with van der Waals surface area (Å²) in [4.78, 5) is 22.5. The number of rotatable bonds is 10. The summed E-state index contributed by atoms with van der Waals surface area (Å²) in [7, 11) is 0. The predicted molar refractivity (Wildman–Crippen MR) is 118 cm³/mol. The minimum atomic E-state index is -0.492. The molecule has 0 saturated carbocycles. The molecule has 0 aliphatic rings. The van der Waals surface area contributed by atoms with Gasteiger partial charge in [-0.1, -0.05) is 35.5 Å². The number of non-ortho nitro benzene ring substituents is 1. The maximum atomic E-state index is 12.3. The zero-order chi connectivity index (χ0) is 22.2. The summed E-state index contributed by atoms with van der Waals surface area (Å²) in [5.41, 5.74) is 1.59. The molecule has 0 fully saturated rings. The van der Waals surface area contributed by atoms with Gasteiger partial charge < -0.3 is 10.1 Å². The Morgan fingerprint density at radius 2 is 1.94 bits per heavy atom. The van der Waals surface area contributed by atoms with Gasteiger partial charge in [0.1, 0.15) is 12.4 Å². The van der Waals surface area contributed by atoms with Crippen LogP contribution >= 0.6 is 11.8 Å². The number of thioether (sulfide) groups is 1. The van der Waals surface area contributed by atoms with Gasteiger partial charge >= 0.3 is 0 Å². The third kappa shape index (κ3) is 6.16. The normalized spacial score (nSPS) is 10.5. The van der Waals surface area contributed by atoms with Gasteiger partial charge in [0, 0.05) is 24.4 Å². The number of hydrogen-bond acceptors (Lipinski definition) is 7. The molecule has 0 spiro atoms. The van der Waals surface area contributed by atoms with E-state index in [0.29, 0.717) is 23.2 Å². The Bertz CT molecular complexity index is 1060. The van der Waals surface area contributed by atoms with Crippen molar-refractivity contribution in [2.45, 2.75) is 25.2 Å². The third-order valence-corrected chi connectivity index (χ3v) is 5.16. The lowest BCUT2D eigenvalue weighted by atomic mass is 10.2. The van der Waals surface area contributed by atoms with E-state index in [1.54, 1.807) is 6.08 Å². The number of nitrogens with one attached hydrogen (secondary N) is 1. The van der Waals surface area contributed by atoms with Gasteiger partial charge in [0.2, 0.25) is 5.91 Å². The second-order valence-corrected chi connectivity index (χ2v) is 7.48. The number of amides is 1. The van der Waals surface area contributed by atoms with E-state index >= 15 is 0 Å². The molecule has 1 N–H and O–H groups in total. The van der Waals surface area contributed by atoms with E-state index in [-0.39, 0.29) is 24.0 Å². The number of allylic oxidation sites excluding steroid dienone is 1. The average molecular weight is 439 g/mol. The van der Waals surface area contributed by atoms with Crippen LogP contribution in [0.25, 0.3) is 0 Å². The molecule has 1 amide bonds. The van der Waals surface area contributed by atoms with Gasteiger partial charge in [0.05, 0.1) is 10.7 Å². The zero-order valence-corrected chi connectivity index (χ0v) is 17.7. The largest absolute Gasteiger partial charge is 0.486 e. The molecule has 160 valence electrons. The van der Waals surface area contributed by atoms with E-state index in [1.807, 2.05) is 35.8 Å². The topological polar surface area (TPSA) is 112 Å². The fraction of sp³-hybridized carbons (Fsp3) is 0.190. The molecule has 0 radical (unpaired) electrons. The summed E-state index contributed by atoms with van der Waals surface area (Å²) in [6.45, 7) is 6.48. The van der Waals surface area contributed by atoms with E-state index in [4.69, 9.17) is 4.74 Å². The summed E-state index contributed by atoms with van der Waals surface area (Å²) in [6.07, 6.45) is 1.72. The predicted octanol–water partition coefficient (Wildman–Crippen LogP) is 3.99. The SMILES string of the molecule is C=CCn1c(COc2ccc(C)cc2)nnc1SCC(=O)Nc1ccc([N+](=O)[O-])cc1. The van der Waals surface area contributed by atoms with Crippen LogP contribution in [0.4, 0.5) is 11.4 Å². The number of aromatic nitrogens is 3. The molecule has 0 bridgehead atoms. The Labute approximate surface area is 183 Å². The molecule has 1 aromatic heterocycles. The summed E-state index contributed by atoms with van der Waals surface area (Å²) >= 11 is 1.23. The van der Waals surface area contributed by atoms with Gasteiger partial charge in [0.15, 0.2) is 11.0 Å².